The molecule has 0 bridgehead atoms. The van der Waals surface area contributed by atoms with Crippen LogP contribution >= 0.6 is 0 Å². The zero-order chi connectivity index (χ0) is 21.4. The van der Waals surface area contributed by atoms with E-state index in [0.29, 0.717) is 37.1 Å². The number of amides is 1. The Balaban J connectivity index is 1.31. The molecule has 0 atom stereocenters. The van der Waals surface area contributed by atoms with Gasteiger partial charge in [-0.1, -0.05) is 12.8 Å². The van der Waals surface area contributed by atoms with E-state index in [-0.39, 0.29) is 28.8 Å². The molecule has 5 rings (SSSR count). The molecule has 0 spiro atoms. The molecule has 9 heteroatoms. The second-order valence-corrected chi connectivity index (χ2v) is 8.18. The Morgan fingerprint density at radius 1 is 1.00 bits per heavy atom. The summed E-state index contributed by atoms with van der Waals surface area (Å²) in [5.41, 5.74) is 1.63. The molecule has 0 radical (unpaired) electrons. The van der Waals surface area contributed by atoms with Gasteiger partial charge >= 0.3 is 0 Å². The molecule has 3 aromatic rings. The smallest absolute Gasteiger partial charge is 0.274 e. The third kappa shape index (κ3) is 3.71. The standard InChI is InChI=1S/C22H24N6O3/c29-20-8-7-18(24-25-20)22(31)27-11-9-26(10-12-27)16-5-6-17-19(13-16)23-14-28(21(17)30)15-3-1-2-4-15/h5-8,13-15H,1-4,9-12H2,(H,25,29). The number of fused-ring (bicyclic) bond motifs is 1. The van der Waals surface area contributed by atoms with E-state index in [9.17, 15) is 14.4 Å². The number of aromatic amines is 1. The summed E-state index contributed by atoms with van der Waals surface area (Å²) in [4.78, 5) is 45.1. The van der Waals surface area contributed by atoms with Gasteiger partial charge in [0.15, 0.2) is 0 Å². The third-order valence-electron chi connectivity index (χ3n) is 6.32. The van der Waals surface area contributed by atoms with Gasteiger partial charge < -0.3 is 9.80 Å². The lowest BCUT2D eigenvalue weighted by Gasteiger charge is -2.36. The van der Waals surface area contributed by atoms with Crippen LogP contribution in [0, 0.1) is 0 Å². The van der Waals surface area contributed by atoms with E-state index in [1.165, 1.54) is 25.0 Å². The Morgan fingerprint density at radius 2 is 1.77 bits per heavy atom. The summed E-state index contributed by atoms with van der Waals surface area (Å²) in [5.74, 6) is -0.191. The second kappa shape index (κ2) is 7.98. The van der Waals surface area contributed by atoms with Gasteiger partial charge in [0.2, 0.25) is 0 Å². The first-order valence-corrected chi connectivity index (χ1v) is 10.7. The van der Waals surface area contributed by atoms with Crippen molar-refractivity contribution < 1.29 is 4.79 Å². The summed E-state index contributed by atoms with van der Waals surface area (Å²) >= 11 is 0. The maximum atomic E-state index is 12.9. The molecule has 1 aliphatic carbocycles. The molecule has 2 aliphatic rings. The van der Waals surface area contributed by atoms with Crippen LogP contribution in [0.2, 0.25) is 0 Å². The Kier molecular flexibility index (Phi) is 5.01. The van der Waals surface area contributed by atoms with Crippen LogP contribution in [0.15, 0.2) is 46.2 Å². The van der Waals surface area contributed by atoms with Crippen LogP contribution < -0.4 is 16.0 Å². The Morgan fingerprint density at radius 3 is 2.48 bits per heavy atom. The molecule has 3 heterocycles. The van der Waals surface area contributed by atoms with Gasteiger partial charge in [0.25, 0.3) is 17.0 Å². The third-order valence-corrected chi connectivity index (χ3v) is 6.32. The van der Waals surface area contributed by atoms with Crippen LogP contribution in [0.25, 0.3) is 10.9 Å². The lowest BCUT2D eigenvalue weighted by Crippen LogP contribution is -2.49. The van der Waals surface area contributed by atoms with Crippen LogP contribution in [0.5, 0.6) is 0 Å². The number of piperazine rings is 1. The summed E-state index contributed by atoms with van der Waals surface area (Å²) < 4.78 is 1.80. The highest BCUT2D eigenvalue weighted by Crippen LogP contribution is 2.28. The van der Waals surface area contributed by atoms with Crippen LogP contribution in [0.3, 0.4) is 0 Å². The second-order valence-electron chi connectivity index (χ2n) is 8.18. The molecule has 160 valence electrons. The van der Waals surface area contributed by atoms with Gasteiger partial charge in [-0.3, -0.25) is 19.0 Å². The number of rotatable bonds is 3. The topological polar surface area (TPSA) is 104 Å². The van der Waals surface area contributed by atoms with Crippen molar-refractivity contribution in [3.8, 4) is 0 Å². The van der Waals surface area contributed by atoms with Crippen molar-refractivity contribution >= 4 is 22.5 Å². The van der Waals surface area contributed by atoms with E-state index in [0.717, 1.165) is 18.5 Å². The molecular formula is C22H24N6O3. The lowest BCUT2D eigenvalue weighted by molar-refractivity contribution is 0.0739. The van der Waals surface area contributed by atoms with Crippen molar-refractivity contribution in [1.29, 1.82) is 0 Å². The molecule has 1 saturated carbocycles. The molecule has 1 saturated heterocycles. The minimum Gasteiger partial charge on any atom is -0.368 e. The van der Waals surface area contributed by atoms with Crippen LogP contribution in [-0.2, 0) is 0 Å². The zero-order valence-electron chi connectivity index (χ0n) is 17.2. The first-order valence-electron chi connectivity index (χ1n) is 10.7. The van der Waals surface area contributed by atoms with Gasteiger partial charge in [0.05, 0.1) is 17.2 Å². The minimum absolute atomic E-state index is 0.0345. The van der Waals surface area contributed by atoms with E-state index in [1.807, 2.05) is 18.2 Å². The summed E-state index contributed by atoms with van der Waals surface area (Å²) in [5, 5.41) is 6.78. The van der Waals surface area contributed by atoms with Crippen molar-refractivity contribution in [3.05, 3.63) is 63.1 Å². The van der Waals surface area contributed by atoms with Gasteiger partial charge in [-0.25, -0.2) is 10.1 Å². The molecule has 2 aromatic heterocycles. The maximum Gasteiger partial charge on any atom is 0.274 e. The minimum atomic E-state index is -0.332. The molecule has 1 amide bonds. The fraction of sp³-hybridized carbons (Fsp3) is 0.409. The van der Waals surface area contributed by atoms with E-state index >= 15 is 0 Å². The average Bonchev–Trinajstić information content (AvgIpc) is 3.34. The largest absolute Gasteiger partial charge is 0.368 e. The molecule has 1 N–H and O–H groups in total. The molecule has 2 fully saturated rings. The zero-order valence-corrected chi connectivity index (χ0v) is 17.2. The number of aromatic nitrogens is 4. The van der Waals surface area contributed by atoms with Crippen molar-refractivity contribution in [3.63, 3.8) is 0 Å². The fourth-order valence-electron chi connectivity index (χ4n) is 4.56. The van der Waals surface area contributed by atoms with Gasteiger partial charge in [-0.2, -0.15) is 5.10 Å². The van der Waals surface area contributed by atoms with Crippen LogP contribution in [-0.4, -0.2) is 56.7 Å². The van der Waals surface area contributed by atoms with Gasteiger partial charge in [0.1, 0.15) is 5.69 Å². The number of carbonyl (C=O) groups is 1. The summed E-state index contributed by atoms with van der Waals surface area (Å²) in [6, 6.07) is 8.81. The maximum absolute atomic E-state index is 12.9. The van der Waals surface area contributed by atoms with E-state index < -0.39 is 0 Å². The predicted molar refractivity (Wildman–Crippen MR) is 116 cm³/mol. The molecular weight excluding hydrogens is 396 g/mol. The Labute approximate surface area is 178 Å². The molecule has 9 nitrogen and oxygen atoms in total. The number of nitrogens with zero attached hydrogens (tertiary/aromatic N) is 5. The van der Waals surface area contributed by atoms with Crippen molar-refractivity contribution in [1.82, 2.24) is 24.6 Å². The van der Waals surface area contributed by atoms with Crippen LogP contribution in [0.4, 0.5) is 5.69 Å². The molecule has 1 aliphatic heterocycles. The summed E-state index contributed by atoms with van der Waals surface area (Å²) in [6.45, 7) is 2.43. The van der Waals surface area contributed by atoms with E-state index in [2.05, 4.69) is 20.1 Å². The van der Waals surface area contributed by atoms with Gasteiger partial charge in [0, 0.05) is 44.0 Å². The Hall–Kier alpha value is -3.49. The highest BCUT2D eigenvalue weighted by atomic mass is 16.2. The number of anilines is 1. The predicted octanol–water partition coefficient (Wildman–Crippen LogP) is 1.56. The van der Waals surface area contributed by atoms with Gasteiger partial charge in [-0.15, -0.1) is 0 Å². The number of H-pyrrole nitrogens is 1. The molecule has 31 heavy (non-hydrogen) atoms. The molecule has 0 unspecified atom stereocenters. The summed E-state index contributed by atoms with van der Waals surface area (Å²) in [6.07, 6.45) is 6.12. The van der Waals surface area contributed by atoms with E-state index in [1.54, 1.807) is 15.8 Å². The number of nitrogens with one attached hydrogen (secondary N) is 1. The first kappa shape index (κ1) is 19.5. The number of carbonyl (C=O) groups excluding carboxylic acids is 1. The fourth-order valence-corrected chi connectivity index (χ4v) is 4.56. The first-order chi connectivity index (χ1) is 15.1. The lowest BCUT2D eigenvalue weighted by atomic mass is 10.1. The monoisotopic (exact) mass is 420 g/mol. The quantitative estimate of drug-likeness (QED) is 0.690. The highest BCUT2D eigenvalue weighted by molar-refractivity contribution is 5.92. The van der Waals surface area contributed by atoms with E-state index in [4.69, 9.17) is 0 Å². The number of hydrogen-bond donors (Lipinski definition) is 1. The average molecular weight is 420 g/mol. The van der Waals surface area contributed by atoms with Crippen molar-refractivity contribution in [2.45, 2.75) is 31.7 Å². The van der Waals surface area contributed by atoms with Crippen LogP contribution in [0.1, 0.15) is 42.2 Å². The number of benzene rings is 1. The summed E-state index contributed by atoms with van der Waals surface area (Å²) in [7, 11) is 0. The Bertz CT molecular complexity index is 1220. The van der Waals surface area contributed by atoms with Gasteiger partial charge in [-0.05, 0) is 37.1 Å². The number of hydrogen-bond acceptors (Lipinski definition) is 6. The van der Waals surface area contributed by atoms with Crippen molar-refractivity contribution in [2.24, 2.45) is 0 Å². The normalized spacial score (nSPS) is 17.4. The van der Waals surface area contributed by atoms with Crippen molar-refractivity contribution in [2.75, 3.05) is 31.1 Å². The molecule has 1 aromatic carbocycles. The highest BCUT2D eigenvalue weighted by Gasteiger charge is 2.24. The SMILES string of the molecule is O=C(c1ccc(=O)[nH]n1)N1CCN(c2ccc3c(=O)n(C4CCCC4)cnc3c2)CC1.